The summed E-state index contributed by atoms with van der Waals surface area (Å²) in [6, 6.07) is 17.8. The lowest BCUT2D eigenvalue weighted by atomic mass is 9.95. The van der Waals surface area contributed by atoms with Gasteiger partial charge in [0.1, 0.15) is 5.00 Å². The van der Waals surface area contributed by atoms with E-state index in [1.807, 2.05) is 60.8 Å². The summed E-state index contributed by atoms with van der Waals surface area (Å²) >= 11 is 1.56. The first kappa shape index (κ1) is 20.5. The minimum Gasteiger partial charge on any atom is -0.361 e. The van der Waals surface area contributed by atoms with Crippen LogP contribution in [0.25, 0.3) is 10.9 Å². The molecule has 2 heterocycles. The number of benzene rings is 2. The van der Waals surface area contributed by atoms with E-state index in [0.717, 1.165) is 53.3 Å². The van der Waals surface area contributed by atoms with Crippen molar-refractivity contribution in [3.63, 3.8) is 0 Å². The van der Waals surface area contributed by atoms with Gasteiger partial charge >= 0.3 is 0 Å². The van der Waals surface area contributed by atoms with Crippen LogP contribution in [0.3, 0.4) is 0 Å². The van der Waals surface area contributed by atoms with Crippen molar-refractivity contribution in [1.29, 1.82) is 0 Å². The minimum atomic E-state index is -0.115. The molecule has 0 fully saturated rings. The lowest BCUT2D eigenvalue weighted by Gasteiger charge is -2.13. The molecule has 5 rings (SSSR count). The molecular weight excluding hydrogens is 418 g/mol. The Morgan fingerprint density at radius 3 is 2.62 bits per heavy atom. The fourth-order valence-electron chi connectivity index (χ4n) is 4.38. The van der Waals surface area contributed by atoms with E-state index in [0.29, 0.717) is 17.1 Å². The zero-order chi connectivity index (χ0) is 21.9. The fraction of sp³-hybridized carbons (Fsp3) is 0.231. The molecule has 4 aromatic rings. The van der Waals surface area contributed by atoms with Crippen LogP contribution in [-0.4, -0.2) is 16.8 Å². The average molecular weight is 444 g/mol. The summed E-state index contributed by atoms with van der Waals surface area (Å²) in [5, 5.41) is 7.82. The predicted octanol–water partition coefficient (Wildman–Crippen LogP) is 5.22. The Hall–Kier alpha value is -3.38. The molecule has 0 radical (unpaired) electrons. The monoisotopic (exact) mass is 443 g/mol. The minimum absolute atomic E-state index is 0.106. The normalized spacial score (nSPS) is 13.0. The SMILES string of the molecule is O=C(Cc1c[nH]c2ccccc12)Nc1sc2c(c1C(=O)NCc1ccccc1)CCCC2. The molecule has 2 aromatic carbocycles. The van der Waals surface area contributed by atoms with Gasteiger partial charge in [-0.2, -0.15) is 0 Å². The third kappa shape index (κ3) is 4.18. The number of hydrogen-bond acceptors (Lipinski definition) is 3. The first-order valence-corrected chi connectivity index (χ1v) is 11.8. The number of fused-ring (bicyclic) bond motifs is 2. The van der Waals surface area contributed by atoms with Crippen LogP contribution in [0.2, 0.25) is 0 Å². The summed E-state index contributed by atoms with van der Waals surface area (Å²) in [5.74, 6) is -0.221. The van der Waals surface area contributed by atoms with Crippen molar-refractivity contribution >= 4 is 39.1 Å². The zero-order valence-electron chi connectivity index (χ0n) is 17.7. The molecule has 162 valence electrons. The van der Waals surface area contributed by atoms with E-state index in [4.69, 9.17) is 0 Å². The van der Waals surface area contributed by atoms with Crippen molar-refractivity contribution in [1.82, 2.24) is 10.3 Å². The number of aromatic amines is 1. The van der Waals surface area contributed by atoms with E-state index in [1.165, 1.54) is 4.88 Å². The van der Waals surface area contributed by atoms with Crippen molar-refractivity contribution < 1.29 is 9.59 Å². The van der Waals surface area contributed by atoms with E-state index in [1.54, 1.807) is 11.3 Å². The standard InChI is InChI=1S/C26H25N3O2S/c30-23(14-18-16-27-21-12-6-4-10-19(18)21)29-26-24(20-11-5-7-13-22(20)32-26)25(31)28-15-17-8-2-1-3-9-17/h1-4,6,8-10,12,16,27H,5,7,11,13-15H2,(H,28,31)(H,29,30). The maximum absolute atomic E-state index is 13.2. The van der Waals surface area contributed by atoms with Gasteiger partial charge in [0.25, 0.3) is 5.91 Å². The molecule has 0 bridgehead atoms. The number of anilines is 1. The van der Waals surface area contributed by atoms with Gasteiger partial charge in [0.05, 0.1) is 12.0 Å². The molecule has 2 aromatic heterocycles. The number of H-pyrrole nitrogens is 1. The number of nitrogens with one attached hydrogen (secondary N) is 3. The van der Waals surface area contributed by atoms with Gasteiger partial charge in [-0.15, -0.1) is 11.3 Å². The van der Waals surface area contributed by atoms with Gasteiger partial charge in [0.2, 0.25) is 5.91 Å². The molecule has 0 saturated heterocycles. The predicted molar refractivity (Wildman–Crippen MR) is 129 cm³/mol. The second-order valence-corrected chi connectivity index (χ2v) is 9.27. The summed E-state index contributed by atoms with van der Waals surface area (Å²) in [6.45, 7) is 0.465. The van der Waals surface area contributed by atoms with Gasteiger partial charge in [-0.3, -0.25) is 9.59 Å². The van der Waals surface area contributed by atoms with Crippen molar-refractivity contribution in [3.8, 4) is 0 Å². The van der Waals surface area contributed by atoms with Crippen molar-refractivity contribution in [2.45, 2.75) is 38.6 Å². The molecule has 32 heavy (non-hydrogen) atoms. The zero-order valence-corrected chi connectivity index (χ0v) is 18.6. The second kappa shape index (κ2) is 9.01. The number of carbonyl (C=O) groups excluding carboxylic acids is 2. The van der Waals surface area contributed by atoms with Crippen LogP contribution in [0, 0.1) is 0 Å². The molecular formula is C26H25N3O2S. The first-order chi connectivity index (χ1) is 15.7. The Bertz CT molecular complexity index is 1270. The van der Waals surface area contributed by atoms with Crippen molar-refractivity contribution in [3.05, 3.63) is 87.9 Å². The summed E-state index contributed by atoms with van der Waals surface area (Å²) in [4.78, 5) is 30.6. The molecule has 0 aliphatic heterocycles. The molecule has 1 aliphatic rings. The van der Waals surface area contributed by atoms with Crippen LogP contribution in [0.5, 0.6) is 0 Å². The summed E-state index contributed by atoms with van der Waals surface area (Å²) in [7, 11) is 0. The smallest absolute Gasteiger partial charge is 0.254 e. The van der Waals surface area contributed by atoms with E-state index in [2.05, 4.69) is 15.6 Å². The topological polar surface area (TPSA) is 74.0 Å². The molecule has 0 atom stereocenters. The molecule has 0 saturated carbocycles. The molecule has 1 aliphatic carbocycles. The highest BCUT2D eigenvalue weighted by atomic mass is 32.1. The summed E-state index contributed by atoms with van der Waals surface area (Å²) < 4.78 is 0. The Morgan fingerprint density at radius 2 is 1.75 bits per heavy atom. The highest BCUT2D eigenvalue weighted by molar-refractivity contribution is 7.17. The largest absolute Gasteiger partial charge is 0.361 e. The van der Waals surface area contributed by atoms with E-state index < -0.39 is 0 Å². The van der Waals surface area contributed by atoms with Gasteiger partial charge < -0.3 is 15.6 Å². The Labute approximate surface area is 190 Å². The molecule has 6 heteroatoms. The highest BCUT2D eigenvalue weighted by Crippen LogP contribution is 2.38. The highest BCUT2D eigenvalue weighted by Gasteiger charge is 2.26. The van der Waals surface area contributed by atoms with Gasteiger partial charge in [-0.25, -0.2) is 0 Å². The van der Waals surface area contributed by atoms with Crippen LogP contribution in [0.1, 0.15) is 44.8 Å². The van der Waals surface area contributed by atoms with Crippen molar-refractivity contribution in [2.75, 3.05) is 5.32 Å². The van der Waals surface area contributed by atoms with Crippen LogP contribution in [-0.2, 0) is 30.6 Å². The van der Waals surface area contributed by atoms with E-state index in [-0.39, 0.29) is 18.2 Å². The van der Waals surface area contributed by atoms with Crippen molar-refractivity contribution in [2.24, 2.45) is 0 Å². The van der Waals surface area contributed by atoms with Crippen LogP contribution in [0.4, 0.5) is 5.00 Å². The van der Waals surface area contributed by atoms with Gasteiger partial charge in [-0.05, 0) is 48.4 Å². The van der Waals surface area contributed by atoms with Crippen LogP contribution < -0.4 is 10.6 Å². The first-order valence-electron chi connectivity index (χ1n) is 11.0. The summed E-state index contributed by atoms with van der Waals surface area (Å²) in [5.41, 5.74) is 4.77. The Morgan fingerprint density at radius 1 is 0.969 bits per heavy atom. The Kier molecular flexibility index (Phi) is 5.77. The fourth-order valence-corrected chi connectivity index (χ4v) is 5.69. The molecule has 5 nitrogen and oxygen atoms in total. The quantitative estimate of drug-likeness (QED) is 0.382. The summed E-state index contributed by atoms with van der Waals surface area (Å²) in [6.07, 6.45) is 6.21. The van der Waals surface area contributed by atoms with Crippen LogP contribution >= 0.6 is 11.3 Å². The third-order valence-corrected chi connectivity index (χ3v) is 7.18. The van der Waals surface area contributed by atoms with Gasteiger partial charge in [0, 0.05) is 28.5 Å². The number of carbonyl (C=O) groups is 2. The number of amides is 2. The van der Waals surface area contributed by atoms with E-state index >= 15 is 0 Å². The molecule has 2 amide bonds. The number of aromatic nitrogens is 1. The average Bonchev–Trinajstić information content (AvgIpc) is 3.39. The van der Waals surface area contributed by atoms with E-state index in [9.17, 15) is 9.59 Å². The molecule has 0 spiro atoms. The van der Waals surface area contributed by atoms with Gasteiger partial charge in [-0.1, -0.05) is 48.5 Å². The number of aryl methyl sites for hydroxylation is 1. The second-order valence-electron chi connectivity index (χ2n) is 8.17. The lowest BCUT2D eigenvalue weighted by molar-refractivity contribution is -0.115. The van der Waals surface area contributed by atoms with Crippen LogP contribution in [0.15, 0.2) is 60.8 Å². The number of thiophene rings is 1. The maximum atomic E-state index is 13.2. The maximum Gasteiger partial charge on any atom is 0.254 e. The number of rotatable bonds is 6. The Balaban J connectivity index is 1.36. The molecule has 3 N–H and O–H groups in total. The van der Waals surface area contributed by atoms with Gasteiger partial charge in [0.15, 0.2) is 0 Å². The number of para-hydroxylation sites is 1. The molecule has 0 unspecified atom stereocenters. The lowest BCUT2D eigenvalue weighted by Crippen LogP contribution is -2.25. The number of hydrogen-bond donors (Lipinski definition) is 3. The third-order valence-electron chi connectivity index (χ3n) is 5.97.